The third-order valence-electron chi connectivity index (χ3n) is 3.15. The Kier molecular flexibility index (Phi) is 5.66. The molecule has 1 saturated carbocycles. The predicted octanol–water partition coefficient (Wildman–Crippen LogP) is 0.784. The second-order valence-corrected chi connectivity index (χ2v) is 4.51. The zero-order valence-corrected chi connectivity index (χ0v) is 10.5. The van der Waals surface area contributed by atoms with Crippen LogP contribution < -0.4 is 5.32 Å². The molecule has 0 heterocycles. The first-order chi connectivity index (χ1) is 8.54. The van der Waals surface area contributed by atoms with Gasteiger partial charge in [0.2, 0.25) is 5.91 Å². The van der Waals surface area contributed by atoms with E-state index in [-0.39, 0.29) is 24.5 Å². The SMILES string of the molecule is C#CCNC(=O)C(C)OC1CCC(C(=O)O)CC1. The number of nitrogens with one attached hydrogen (secondary N) is 1. The number of carboxylic acids is 1. The Labute approximate surface area is 107 Å². The topological polar surface area (TPSA) is 75.6 Å². The first-order valence-electron chi connectivity index (χ1n) is 6.14. The summed E-state index contributed by atoms with van der Waals surface area (Å²) in [5.41, 5.74) is 0. The minimum Gasteiger partial charge on any atom is -0.481 e. The average Bonchev–Trinajstić information content (AvgIpc) is 2.36. The van der Waals surface area contributed by atoms with Crippen molar-refractivity contribution in [2.24, 2.45) is 5.92 Å². The molecule has 0 spiro atoms. The molecule has 0 saturated heterocycles. The Hall–Kier alpha value is -1.54. The van der Waals surface area contributed by atoms with E-state index >= 15 is 0 Å². The molecule has 5 heteroatoms. The van der Waals surface area contributed by atoms with Crippen LogP contribution >= 0.6 is 0 Å². The van der Waals surface area contributed by atoms with Gasteiger partial charge in [0.15, 0.2) is 0 Å². The molecule has 2 N–H and O–H groups in total. The second kappa shape index (κ2) is 7.02. The van der Waals surface area contributed by atoms with Crippen LogP contribution in [-0.4, -0.2) is 35.7 Å². The number of hydrogen-bond donors (Lipinski definition) is 2. The quantitative estimate of drug-likeness (QED) is 0.710. The van der Waals surface area contributed by atoms with Crippen molar-refractivity contribution in [1.29, 1.82) is 0 Å². The van der Waals surface area contributed by atoms with Crippen LogP contribution in [0.1, 0.15) is 32.6 Å². The molecular formula is C13H19NO4. The summed E-state index contributed by atoms with van der Waals surface area (Å²) in [5, 5.41) is 11.4. The molecule has 5 nitrogen and oxygen atoms in total. The summed E-state index contributed by atoms with van der Waals surface area (Å²) in [6.07, 6.45) is 7.05. The maximum Gasteiger partial charge on any atom is 0.306 e. The number of carbonyl (C=O) groups excluding carboxylic acids is 1. The van der Waals surface area contributed by atoms with Crippen LogP contribution in [0.15, 0.2) is 0 Å². The van der Waals surface area contributed by atoms with Gasteiger partial charge in [-0.25, -0.2) is 0 Å². The lowest BCUT2D eigenvalue weighted by atomic mass is 9.87. The summed E-state index contributed by atoms with van der Waals surface area (Å²) in [7, 11) is 0. The number of rotatable bonds is 5. The minimum atomic E-state index is -0.742. The molecule has 1 aliphatic carbocycles. The lowest BCUT2D eigenvalue weighted by Crippen LogP contribution is -2.38. The van der Waals surface area contributed by atoms with Crippen LogP contribution in [0.5, 0.6) is 0 Å². The molecule has 0 aliphatic heterocycles. The molecular weight excluding hydrogens is 234 g/mol. The maximum atomic E-state index is 11.5. The van der Waals surface area contributed by atoms with Crippen molar-refractivity contribution >= 4 is 11.9 Å². The lowest BCUT2D eigenvalue weighted by Gasteiger charge is -2.28. The van der Waals surface area contributed by atoms with Gasteiger partial charge in [-0.3, -0.25) is 9.59 Å². The zero-order valence-electron chi connectivity index (χ0n) is 10.5. The van der Waals surface area contributed by atoms with Crippen LogP contribution in [-0.2, 0) is 14.3 Å². The Bertz CT molecular complexity index is 339. The highest BCUT2D eigenvalue weighted by Crippen LogP contribution is 2.27. The number of aliphatic carboxylic acids is 1. The fourth-order valence-corrected chi connectivity index (χ4v) is 2.08. The number of ether oxygens (including phenoxy) is 1. The van der Waals surface area contributed by atoms with Crippen LogP contribution in [0, 0.1) is 18.3 Å². The van der Waals surface area contributed by atoms with Gasteiger partial charge < -0.3 is 15.2 Å². The van der Waals surface area contributed by atoms with Gasteiger partial charge in [-0.15, -0.1) is 6.42 Å². The van der Waals surface area contributed by atoms with Crippen molar-refractivity contribution in [3.05, 3.63) is 0 Å². The van der Waals surface area contributed by atoms with Crippen LogP contribution in [0.3, 0.4) is 0 Å². The Morgan fingerprint density at radius 2 is 2.06 bits per heavy atom. The number of carbonyl (C=O) groups is 2. The zero-order chi connectivity index (χ0) is 13.5. The van der Waals surface area contributed by atoms with Crippen molar-refractivity contribution in [2.75, 3.05) is 6.54 Å². The summed E-state index contributed by atoms with van der Waals surface area (Å²) in [4.78, 5) is 22.3. The van der Waals surface area contributed by atoms with Gasteiger partial charge in [0.05, 0.1) is 18.6 Å². The van der Waals surface area contributed by atoms with Crippen molar-refractivity contribution in [1.82, 2.24) is 5.32 Å². The molecule has 1 rings (SSSR count). The van der Waals surface area contributed by atoms with Gasteiger partial charge in [-0.05, 0) is 32.6 Å². The van der Waals surface area contributed by atoms with Gasteiger partial charge in [0.25, 0.3) is 0 Å². The van der Waals surface area contributed by atoms with E-state index in [1.54, 1.807) is 6.92 Å². The number of carboxylic acid groups (broad SMARTS) is 1. The molecule has 0 bridgehead atoms. The summed E-state index contributed by atoms with van der Waals surface area (Å²) < 4.78 is 5.60. The normalized spacial score (nSPS) is 24.9. The number of hydrogen-bond acceptors (Lipinski definition) is 3. The number of terminal acetylenes is 1. The molecule has 0 radical (unpaired) electrons. The van der Waals surface area contributed by atoms with Crippen LogP contribution in [0.4, 0.5) is 0 Å². The van der Waals surface area contributed by atoms with E-state index in [2.05, 4.69) is 11.2 Å². The van der Waals surface area contributed by atoms with Gasteiger partial charge >= 0.3 is 5.97 Å². The molecule has 1 amide bonds. The van der Waals surface area contributed by atoms with E-state index in [1.165, 1.54) is 0 Å². The predicted molar refractivity (Wildman–Crippen MR) is 65.8 cm³/mol. The largest absolute Gasteiger partial charge is 0.481 e. The van der Waals surface area contributed by atoms with E-state index in [1.807, 2.05) is 0 Å². The maximum absolute atomic E-state index is 11.5. The lowest BCUT2D eigenvalue weighted by molar-refractivity contribution is -0.146. The molecule has 1 aliphatic rings. The van der Waals surface area contributed by atoms with Gasteiger partial charge in [-0.1, -0.05) is 5.92 Å². The van der Waals surface area contributed by atoms with E-state index in [0.717, 1.165) is 0 Å². The molecule has 0 aromatic carbocycles. The third kappa shape index (κ3) is 4.38. The molecule has 1 fully saturated rings. The minimum absolute atomic E-state index is 0.0350. The third-order valence-corrected chi connectivity index (χ3v) is 3.15. The second-order valence-electron chi connectivity index (χ2n) is 4.51. The summed E-state index contributed by atoms with van der Waals surface area (Å²) in [6.45, 7) is 1.87. The Morgan fingerprint density at radius 1 is 1.44 bits per heavy atom. The highest BCUT2D eigenvalue weighted by Gasteiger charge is 2.28. The molecule has 0 aromatic rings. The summed E-state index contributed by atoms with van der Waals surface area (Å²) in [5.74, 6) is 1.08. The van der Waals surface area contributed by atoms with Gasteiger partial charge in [0, 0.05) is 0 Å². The first-order valence-corrected chi connectivity index (χ1v) is 6.14. The van der Waals surface area contributed by atoms with Gasteiger partial charge in [-0.2, -0.15) is 0 Å². The highest BCUT2D eigenvalue weighted by molar-refractivity contribution is 5.80. The van der Waals surface area contributed by atoms with Crippen molar-refractivity contribution in [3.63, 3.8) is 0 Å². The molecule has 1 unspecified atom stereocenters. The Morgan fingerprint density at radius 3 is 2.56 bits per heavy atom. The summed E-state index contributed by atoms with van der Waals surface area (Å²) >= 11 is 0. The first kappa shape index (κ1) is 14.5. The van der Waals surface area contributed by atoms with Crippen molar-refractivity contribution in [3.8, 4) is 12.3 Å². The average molecular weight is 253 g/mol. The van der Waals surface area contributed by atoms with Crippen LogP contribution in [0.25, 0.3) is 0 Å². The monoisotopic (exact) mass is 253 g/mol. The van der Waals surface area contributed by atoms with E-state index < -0.39 is 12.1 Å². The highest BCUT2D eigenvalue weighted by atomic mass is 16.5. The fraction of sp³-hybridized carbons (Fsp3) is 0.692. The molecule has 100 valence electrons. The Balaban J connectivity index is 2.30. The smallest absolute Gasteiger partial charge is 0.306 e. The van der Waals surface area contributed by atoms with Gasteiger partial charge in [0.1, 0.15) is 6.10 Å². The van der Waals surface area contributed by atoms with E-state index in [9.17, 15) is 9.59 Å². The molecule has 0 aromatic heterocycles. The summed E-state index contributed by atoms with van der Waals surface area (Å²) in [6, 6.07) is 0. The number of amides is 1. The van der Waals surface area contributed by atoms with Crippen LogP contribution in [0.2, 0.25) is 0 Å². The van der Waals surface area contributed by atoms with E-state index in [0.29, 0.717) is 25.7 Å². The van der Waals surface area contributed by atoms with E-state index in [4.69, 9.17) is 16.3 Å². The molecule has 18 heavy (non-hydrogen) atoms. The van der Waals surface area contributed by atoms with Crippen molar-refractivity contribution < 1.29 is 19.4 Å². The standard InChI is InChI=1S/C13H19NO4/c1-3-8-14-12(15)9(2)18-11-6-4-10(5-7-11)13(16)17/h1,9-11H,4-8H2,2H3,(H,14,15)(H,16,17). The molecule has 1 atom stereocenters. The van der Waals surface area contributed by atoms with Crippen molar-refractivity contribution in [2.45, 2.75) is 44.8 Å². The fourth-order valence-electron chi connectivity index (χ4n) is 2.08.